The first-order valence-electron chi connectivity index (χ1n) is 9.63. The Kier molecular flexibility index (Phi) is 5.71. The molecule has 1 N–H and O–H groups in total. The zero-order chi connectivity index (χ0) is 21.3. The molecule has 0 aliphatic rings. The van der Waals surface area contributed by atoms with Crippen LogP contribution >= 0.6 is 11.6 Å². The van der Waals surface area contributed by atoms with Gasteiger partial charge < -0.3 is 9.84 Å². The van der Waals surface area contributed by atoms with Crippen LogP contribution in [0.4, 0.5) is 4.39 Å². The molecule has 1 unspecified atom stereocenters. The van der Waals surface area contributed by atoms with Crippen molar-refractivity contribution in [2.45, 2.75) is 26.6 Å². The third-order valence-electron chi connectivity index (χ3n) is 5.18. The number of rotatable bonds is 5. The lowest BCUT2D eigenvalue weighted by atomic mass is 9.93. The van der Waals surface area contributed by atoms with Crippen LogP contribution in [0.2, 0.25) is 5.02 Å². The average molecular weight is 422 g/mol. The molecule has 0 fully saturated rings. The molecule has 3 nitrogen and oxygen atoms in total. The zero-order valence-electron chi connectivity index (χ0n) is 16.7. The van der Waals surface area contributed by atoms with E-state index in [1.165, 1.54) is 12.1 Å². The number of benzene rings is 3. The van der Waals surface area contributed by atoms with Crippen molar-refractivity contribution in [2.24, 2.45) is 0 Å². The quantitative estimate of drug-likeness (QED) is 0.411. The Bertz CT molecular complexity index is 1190. The molecule has 0 saturated carbocycles. The molecular weight excluding hydrogens is 401 g/mol. The van der Waals surface area contributed by atoms with Crippen LogP contribution < -0.4 is 4.74 Å². The van der Waals surface area contributed by atoms with E-state index < -0.39 is 6.10 Å². The van der Waals surface area contributed by atoms with Crippen molar-refractivity contribution >= 4 is 22.5 Å². The van der Waals surface area contributed by atoms with Gasteiger partial charge in [-0.3, -0.25) is 4.98 Å². The van der Waals surface area contributed by atoms with Crippen LogP contribution in [0.5, 0.6) is 5.75 Å². The first kappa shape index (κ1) is 20.3. The minimum absolute atomic E-state index is 0.327. The molecule has 3 aromatic carbocycles. The van der Waals surface area contributed by atoms with Gasteiger partial charge in [-0.15, -0.1) is 0 Å². The fraction of sp³-hybridized carbons (Fsp3) is 0.160. The summed E-state index contributed by atoms with van der Waals surface area (Å²) in [5.74, 6) is 0.361. The molecule has 0 aliphatic heterocycles. The van der Waals surface area contributed by atoms with Crippen molar-refractivity contribution in [1.82, 2.24) is 4.98 Å². The Labute approximate surface area is 179 Å². The van der Waals surface area contributed by atoms with E-state index in [2.05, 4.69) is 4.98 Å². The van der Waals surface area contributed by atoms with E-state index in [4.69, 9.17) is 16.3 Å². The smallest absolute Gasteiger partial charge is 0.123 e. The highest BCUT2D eigenvalue weighted by molar-refractivity contribution is 6.36. The summed E-state index contributed by atoms with van der Waals surface area (Å²) in [6.07, 6.45) is 0.572. The molecule has 0 radical (unpaired) electrons. The lowest BCUT2D eigenvalue weighted by Crippen LogP contribution is -2.07. The van der Waals surface area contributed by atoms with Gasteiger partial charge in [0.05, 0.1) is 10.5 Å². The van der Waals surface area contributed by atoms with Crippen LogP contribution in [-0.4, -0.2) is 10.1 Å². The summed E-state index contributed by atoms with van der Waals surface area (Å²) in [7, 11) is 0. The first-order valence-corrected chi connectivity index (χ1v) is 10.0. The van der Waals surface area contributed by atoms with Crippen molar-refractivity contribution in [3.63, 3.8) is 0 Å². The van der Waals surface area contributed by atoms with E-state index in [9.17, 15) is 9.50 Å². The van der Waals surface area contributed by atoms with E-state index in [1.54, 1.807) is 20.0 Å². The summed E-state index contributed by atoms with van der Waals surface area (Å²) in [4.78, 5) is 4.48. The van der Waals surface area contributed by atoms with Crippen LogP contribution in [0.15, 0.2) is 66.9 Å². The number of hydrogen-bond acceptors (Lipinski definition) is 3. The number of aliphatic hydroxyl groups is 1. The number of pyridine rings is 1. The highest BCUT2D eigenvalue weighted by Gasteiger charge is 2.21. The van der Waals surface area contributed by atoms with Crippen molar-refractivity contribution in [3.05, 3.63) is 106 Å². The second kappa shape index (κ2) is 8.42. The lowest BCUT2D eigenvalue weighted by Gasteiger charge is -2.19. The van der Waals surface area contributed by atoms with Gasteiger partial charge in [0.25, 0.3) is 0 Å². The minimum Gasteiger partial charge on any atom is -0.489 e. The Balaban J connectivity index is 1.64. The van der Waals surface area contributed by atoms with Gasteiger partial charge in [-0.05, 0) is 60.4 Å². The van der Waals surface area contributed by atoms with Crippen LogP contribution in [0.1, 0.15) is 33.9 Å². The fourth-order valence-corrected chi connectivity index (χ4v) is 4.00. The van der Waals surface area contributed by atoms with Gasteiger partial charge >= 0.3 is 0 Å². The van der Waals surface area contributed by atoms with Crippen LogP contribution in [0, 0.1) is 19.7 Å². The largest absolute Gasteiger partial charge is 0.489 e. The molecule has 4 aromatic rings. The van der Waals surface area contributed by atoms with Crippen LogP contribution in [0.3, 0.4) is 0 Å². The minimum atomic E-state index is -0.996. The molecule has 0 spiro atoms. The van der Waals surface area contributed by atoms with Gasteiger partial charge in [-0.1, -0.05) is 41.9 Å². The summed E-state index contributed by atoms with van der Waals surface area (Å²) in [6, 6.07) is 18.2. The summed E-state index contributed by atoms with van der Waals surface area (Å²) >= 11 is 6.63. The number of aryl methyl sites for hydroxylation is 2. The van der Waals surface area contributed by atoms with E-state index in [0.29, 0.717) is 45.1 Å². The standard InChI is InChI=1S/C25H21ClFNO2/c1-15-10-18(27)11-16(2)23(15)25(29)21-13-28-22-12-19(8-9-20(22)24(21)26)30-14-17-6-4-3-5-7-17/h3-13,25,29H,14H2,1-2H3. The maximum Gasteiger partial charge on any atom is 0.123 e. The molecule has 0 aliphatic carbocycles. The number of halogens is 2. The highest BCUT2D eigenvalue weighted by atomic mass is 35.5. The van der Waals surface area contributed by atoms with Crippen molar-refractivity contribution in [3.8, 4) is 5.75 Å². The third-order valence-corrected chi connectivity index (χ3v) is 5.60. The molecule has 0 bridgehead atoms. The molecule has 152 valence electrons. The lowest BCUT2D eigenvalue weighted by molar-refractivity contribution is 0.218. The molecular formula is C25H21ClFNO2. The molecule has 1 heterocycles. The number of aliphatic hydroxyl groups excluding tert-OH is 1. The molecule has 5 heteroatoms. The van der Waals surface area contributed by atoms with Gasteiger partial charge in [0.1, 0.15) is 24.3 Å². The van der Waals surface area contributed by atoms with Gasteiger partial charge in [0.2, 0.25) is 0 Å². The summed E-state index contributed by atoms with van der Waals surface area (Å²) in [6.45, 7) is 4.00. The fourth-order valence-electron chi connectivity index (χ4n) is 3.69. The molecule has 0 saturated heterocycles. The topological polar surface area (TPSA) is 42.4 Å². The Morgan fingerprint density at radius 3 is 2.43 bits per heavy atom. The maximum atomic E-state index is 13.6. The first-order chi connectivity index (χ1) is 14.4. The monoisotopic (exact) mass is 421 g/mol. The summed E-state index contributed by atoms with van der Waals surface area (Å²) in [5.41, 5.74) is 4.21. The number of hydrogen-bond donors (Lipinski definition) is 1. The Hall–Kier alpha value is -2.95. The molecule has 4 rings (SSSR count). The van der Waals surface area contributed by atoms with E-state index in [0.717, 1.165) is 10.9 Å². The Morgan fingerprint density at radius 2 is 1.73 bits per heavy atom. The second-order valence-corrected chi connectivity index (χ2v) is 7.71. The van der Waals surface area contributed by atoms with Gasteiger partial charge in [0.15, 0.2) is 0 Å². The number of nitrogens with zero attached hydrogens (tertiary/aromatic N) is 1. The third kappa shape index (κ3) is 4.02. The number of ether oxygens (including phenoxy) is 1. The van der Waals surface area contributed by atoms with Crippen LogP contribution in [-0.2, 0) is 6.61 Å². The summed E-state index contributed by atoms with van der Waals surface area (Å²) < 4.78 is 19.5. The predicted molar refractivity (Wildman–Crippen MR) is 117 cm³/mol. The molecule has 1 atom stereocenters. The van der Waals surface area contributed by atoms with Crippen molar-refractivity contribution in [1.29, 1.82) is 0 Å². The normalized spacial score (nSPS) is 12.2. The number of fused-ring (bicyclic) bond motifs is 1. The second-order valence-electron chi connectivity index (χ2n) is 7.34. The zero-order valence-corrected chi connectivity index (χ0v) is 17.4. The van der Waals surface area contributed by atoms with E-state index >= 15 is 0 Å². The van der Waals surface area contributed by atoms with Crippen molar-refractivity contribution < 1.29 is 14.2 Å². The van der Waals surface area contributed by atoms with Crippen molar-refractivity contribution in [2.75, 3.05) is 0 Å². The molecule has 30 heavy (non-hydrogen) atoms. The Morgan fingerprint density at radius 1 is 1.03 bits per heavy atom. The highest BCUT2D eigenvalue weighted by Crippen LogP contribution is 2.36. The summed E-state index contributed by atoms with van der Waals surface area (Å²) in [5, 5.41) is 12.1. The maximum absolute atomic E-state index is 13.6. The van der Waals surface area contributed by atoms with Gasteiger partial charge in [0, 0.05) is 23.2 Å². The SMILES string of the molecule is Cc1cc(F)cc(C)c1C(O)c1cnc2cc(OCc3ccccc3)ccc2c1Cl. The van der Waals surface area contributed by atoms with E-state index in [-0.39, 0.29) is 5.82 Å². The number of aromatic nitrogens is 1. The van der Waals surface area contributed by atoms with E-state index in [1.807, 2.05) is 48.5 Å². The molecule has 1 aromatic heterocycles. The predicted octanol–water partition coefficient (Wildman–Crippen LogP) is 6.30. The van der Waals surface area contributed by atoms with Crippen LogP contribution in [0.25, 0.3) is 10.9 Å². The van der Waals surface area contributed by atoms with Gasteiger partial charge in [-0.2, -0.15) is 0 Å². The van der Waals surface area contributed by atoms with Gasteiger partial charge in [-0.25, -0.2) is 4.39 Å². The average Bonchev–Trinajstić information content (AvgIpc) is 2.72. The molecule has 0 amide bonds.